The fourth-order valence-corrected chi connectivity index (χ4v) is 8.94. The predicted molar refractivity (Wildman–Crippen MR) is 188 cm³/mol. The molecule has 0 aliphatic carbocycles. The van der Waals surface area contributed by atoms with Crippen LogP contribution in [0, 0.1) is 0 Å². The molecule has 48 heavy (non-hydrogen) atoms. The molecule has 2 fully saturated rings. The van der Waals surface area contributed by atoms with Gasteiger partial charge in [-0.25, -0.2) is 12.7 Å². The normalized spacial score (nSPS) is 21.1. The Morgan fingerprint density at radius 2 is 1.52 bits per heavy atom. The van der Waals surface area contributed by atoms with E-state index >= 15 is 0 Å². The van der Waals surface area contributed by atoms with Gasteiger partial charge in [-0.15, -0.1) is 0 Å². The minimum Gasteiger partial charge on any atom is -0.311 e. The molecule has 13 heteroatoms. The van der Waals surface area contributed by atoms with E-state index in [4.69, 9.17) is 34.8 Å². The maximum atomic E-state index is 14.5. The molecule has 0 saturated carbocycles. The van der Waals surface area contributed by atoms with E-state index in [1.54, 1.807) is 12.1 Å². The van der Waals surface area contributed by atoms with Gasteiger partial charge in [-0.3, -0.25) is 19.4 Å². The number of benzene rings is 3. The second-order valence-electron chi connectivity index (χ2n) is 12.7. The van der Waals surface area contributed by atoms with E-state index in [2.05, 4.69) is 22.3 Å². The average Bonchev–Trinajstić information content (AvgIpc) is 3.05. The van der Waals surface area contributed by atoms with Gasteiger partial charge in [0.05, 0.1) is 11.6 Å². The number of hydrogen-bond donors (Lipinski definition) is 1. The molecule has 0 radical (unpaired) electrons. The van der Waals surface area contributed by atoms with Gasteiger partial charge in [0.1, 0.15) is 22.8 Å². The third kappa shape index (κ3) is 7.25. The van der Waals surface area contributed by atoms with Crippen molar-refractivity contribution in [3.63, 3.8) is 0 Å². The Balaban J connectivity index is 1.34. The standard InChI is InChI=1S/C35H38Cl3N5O4S/c1-23(2)41-22-33-42(48(46,47)32-13-12-27(37)19-29(32)38)21-30(39-28-14-16-40(17-15-28)20-25-6-4-3-5-7-25)34(44)43(33)31(35(41)45)18-24-8-10-26(36)11-9-24/h3-13,19,22-23,28,30-31,39H,14-18,20-21H2,1-2H3. The summed E-state index contributed by atoms with van der Waals surface area (Å²) in [6.45, 7) is 6.01. The van der Waals surface area contributed by atoms with E-state index in [1.807, 2.05) is 44.2 Å². The number of halogens is 3. The number of carbonyl (C=O) groups is 2. The fourth-order valence-electron chi connectivity index (χ4n) is 6.61. The van der Waals surface area contributed by atoms with Crippen LogP contribution in [-0.4, -0.2) is 83.0 Å². The molecule has 1 N–H and O–H groups in total. The zero-order valence-electron chi connectivity index (χ0n) is 26.7. The second-order valence-corrected chi connectivity index (χ2v) is 15.9. The maximum absolute atomic E-state index is 14.5. The molecule has 0 aromatic heterocycles. The highest BCUT2D eigenvalue weighted by molar-refractivity contribution is 7.89. The summed E-state index contributed by atoms with van der Waals surface area (Å²) in [4.78, 5) is 33.7. The molecular formula is C35H38Cl3N5O4S. The van der Waals surface area contributed by atoms with Gasteiger partial charge < -0.3 is 10.2 Å². The fraction of sp³-hybridized carbons (Fsp3) is 0.371. The molecule has 2 unspecified atom stereocenters. The lowest BCUT2D eigenvalue weighted by Crippen LogP contribution is -2.68. The molecule has 3 heterocycles. The minimum absolute atomic E-state index is 0.0254. The Hall–Kier alpha value is -3.12. The highest BCUT2D eigenvalue weighted by atomic mass is 35.5. The first kappa shape index (κ1) is 34.7. The van der Waals surface area contributed by atoms with Crippen LogP contribution in [0.5, 0.6) is 0 Å². The summed E-state index contributed by atoms with van der Waals surface area (Å²) in [7, 11) is -4.31. The van der Waals surface area contributed by atoms with Crippen molar-refractivity contribution in [1.82, 2.24) is 24.3 Å². The molecule has 3 aliphatic heterocycles. The number of carbonyl (C=O) groups excluding carboxylic acids is 2. The van der Waals surface area contributed by atoms with Crippen molar-refractivity contribution in [1.29, 1.82) is 0 Å². The van der Waals surface area contributed by atoms with Crippen LogP contribution in [0.4, 0.5) is 0 Å². The molecule has 9 nitrogen and oxygen atoms in total. The highest BCUT2D eigenvalue weighted by Crippen LogP contribution is 2.37. The van der Waals surface area contributed by atoms with Gasteiger partial charge in [-0.05, 0) is 81.2 Å². The number of amides is 2. The highest BCUT2D eigenvalue weighted by Gasteiger charge is 2.50. The summed E-state index contributed by atoms with van der Waals surface area (Å²) in [5.74, 6) is -0.542. The van der Waals surface area contributed by atoms with Gasteiger partial charge in [0.25, 0.3) is 10.0 Å². The number of hydrogen-bond acceptors (Lipinski definition) is 6. The van der Waals surface area contributed by atoms with Crippen LogP contribution in [-0.2, 0) is 32.6 Å². The van der Waals surface area contributed by atoms with Gasteiger partial charge in [-0.2, -0.15) is 0 Å². The molecule has 2 amide bonds. The van der Waals surface area contributed by atoms with Crippen LogP contribution in [0.25, 0.3) is 0 Å². The molecule has 0 spiro atoms. The summed E-state index contributed by atoms with van der Waals surface area (Å²) < 4.78 is 30.1. The Kier molecular flexibility index (Phi) is 10.4. The Labute approximate surface area is 297 Å². The topological polar surface area (TPSA) is 93.3 Å². The number of rotatable bonds is 9. The van der Waals surface area contributed by atoms with Crippen LogP contribution in [0.1, 0.15) is 37.8 Å². The zero-order chi connectivity index (χ0) is 34.2. The number of piperidine rings is 1. The number of sulfonamides is 1. The maximum Gasteiger partial charge on any atom is 0.267 e. The van der Waals surface area contributed by atoms with Gasteiger partial charge >= 0.3 is 0 Å². The summed E-state index contributed by atoms with van der Waals surface area (Å²) in [6.07, 6.45) is 3.21. The van der Waals surface area contributed by atoms with E-state index < -0.39 is 22.1 Å². The third-order valence-corrected chi connectivity index (χ3v) is 11.9. The SMILES string of the molecule is CC(C)N1C=C2N(C(=O)C(NC3CCN(Cc4ccccc4)CC3)CN2S(=O)(=O)c2ccc(Cl)cc2Cl)C(Cc2ccc(Cl)cc2)C1=O. The summed E-state index contributed by atoms with van der Waals surface area (Å²) in [6, 6.07) is 19.4. The van der Waals surface area contributed by atoms with E-state index in [0.29, 0.717) is 10.0 Å². The first-order valence-electron chi connectivity index (χ1n) is 16.0. The van der Waals surface area contributed by atoms with Gasteiger partial charge in [0.2, 0.25) is 11.8 Å². The second kappa shape index (κ2) is 14.4. The lowest BCUT2D eigenvalue weighted by atomic mass is 9.98. The Bertz CT molecular complexity index is 1800. The number of nitrogens with zero attached hydrogens (tertiary/aromatic N) is 4. The van der Waals surface area contributed by atoms with Crippen molar-refractivity contribution >= 4 is 56.6 Å². The summed E-state index contributed by atoms with van der Waals surface area (Å²) in [5, 5.41) is 4.30. The van der Waals surface area contributed by atoms with E-state index in [1.165, 1.54) is 44.1 Å². The molecule has 254 valence electrons. The molecule has 6 rings (SSSR count). The Morgan fingerprint density at radius 3 is 2.17 bits per heavy atom. The van der Waals surface area contributed by atoms with Crippen molar-refractivity contribution in [2.45, 2.75) is 68.7 Å². The van der Waals surface area contributed by atoms with Crippen molar-refractivity contribution in [3.05, 3.63) is 111 Å². The van der Waals surface area contributed by atoms with E-state index in [9.17, 15) is 18.0 Å². The first-order chi connectivity index (χ1) is 22.9. The van der Waals surface area contributed by atoms with Crippen molar-refractivity contribution in [2.24, 2.45) is 0 Å². The smallest absolute Gasteiger partial charge is 0.267 e. The van der Waals surface area contributed by atoms with Crippen molar-refractivity contribution in [2.75, 3.05) is 19.6 Å². The number of likely N-dealkylation sites (tertiary alicyclic amines) is 1. The average molecular weight is 731 g/mol. The van der Waals surface area contributed by atoms with Gasteiger partial charge in [-0.1, -0.05) is 77.3 Å². The minimum atomic E-state index is -4.31. The lowest BCUT2D eigenvalue weighted by molar-refractivity contribution is -0.150. The van der Waals surface area contributed by atoms with Gasteiger partial charge in [0, 0.05) is 41.3 Å². The molecule has 0 bridgehead atoms. The molecule has 2 saturated heterocycles. The van der Waals surface area contributed by atoms with E-state index in [0.717, 1.165) is 38.0 Å². The summed E-state index contributed by atoms with van der Waals surface area (Å²) in [5.41, 5.74) is 2.02. The van der Waals surface area contributed by atoms with E-state index in [-0.39, 0.29) is 52.6 Å². The van der Waals surface area contributed by atoms with Crippen LogP contribution in [0.3, 0.4) is 0 Å². The first-order valence-corrected chi connectivity index (χ1v) is 18.6. The monoisotopic (exact) mass is 729 g/mol. The molecule has 3 aliphatic rings. The Morgan fingerprint density at radius 1 is 0.854 bits per heavy atom. The molecule has 3 aromatic carbocycles. The van der Waals surface area contributed by atoms with Crippen LogP contribution >= 0.6 is 34.8 Å². The lowest BCUT2D eigenvalue weighted by Gasteiger charge is -2.49. The molecule has 2 atom stereocenters. The molecular weight excluding hydrogens is 693 g/mol. The predicted octanol–water partition coefficient (Wildman–Crippen LogP) is 5.76. The third-order valence-electron chi connectivity index (χ3n) is 9.13. The zero-order valence-corrected chi connectivity index (χ0v) is 29.8. The molecule has 3 aromatic rings. The van der Waals surface area contributed by atoms with Crippen molar-refractivity contribution < 1.29 is 18.0 Å². The number of fused-ring (bicyclic) bond motifs is 1. The van der Waals surface area contributed by atoms with Crippen molar-refractivity contribution in [3.8, 4) is 0 Å². The van der Waals surface area contributed by atoms with Gasteiger partial charge in [0.15, 0.2) is 0 Å². The largest absolute Gasteiger partial charge is 0.311 e. The van der Waals surface area contributed by atoms with Crippen LogP contribution in [0.15, 0.2) is 89.7 Å². The quantitative estimate of drug-likeness (QED) is 0.301. The number of nitrogens with one attached hydrogen (secondary N) is 1. The van der Waals surface area contributed by atoms with Crippen LogP contribution in [0.2, 0.25) is 15.1 Å². The van der Waals surface area contributed by atoms with Crippen LogP contribution < -0.4 is 5.32 Å². The summed E-state index contributed by atoms with van der Waals surface area (Å²) >= 11 is 18.7.